The molecule has 24 heavy (non-hydrogen) atoms. The molecule has 0 aliphatic heterocycles. The zero-order valence-corrected chi connectivity index (χ0v) is 12.8. The standard InChI is InChI=1S/C15H14F3N5O/c1-7-11(9-5-3-4-6-10(9)19-7)13(24)20-8(2)12-21-14(23-22-12)15(16,17)18/h3-6,8,19H,1-2H3,(H,20,24)(H,21,22,23). The summed E-state index contributed by atoms with van der Waals surface area (Å²) in [7, 11) is 0. The van der Waals surface area contributed by atoms with Crippen molar-refractivity contribution in [2.75, 3.05) is 0 Å². The predicted molar refractivity (Wildman–Crippen MR) is 80.3 cm³/mol. The summed E-state index contributed by atoms with van der Waals surface area (Å²) in [6.45, 7) is 3.29. The van der Waals surface area contributed by atoms with Crippen LogP contribution < -0.4 is 5.32 Å². The zero-order valence-electron chi connectivity index (χ0n) is 12.8. The van der Waals surface area contributed by atoms with E-state index >= 15 is 0 Å². The molecular weight excluding hydrogens is 323 g/mol. The van der Waals surface area contributed by atoms with Crippen LogP contribution >= 0.6 is 0 Å². The van der Waals surface area contributed by atoms with Crippen molar-refractivity contribution in [3.63, 3.8) is 0 Å². The number of hydrogen-bond acceptors (Lipinski definition) is 3. The van der Waals surface area contributed by atoms with Crippen molar-refractivity contribution in [1.29, 1.82) is 0 Å². The molecule has 0 bridgehead atoms. The Bertz CT molecular complexity index is 896. The van der Waals surface area contributed by atoms with E-state index in [-0.39, 0.29) is 5.82 Å². The molecule has 0 radical (unpaired) electrons. The summed E-state index contributed by atoms with van der Waals surface area (Å²) in [4.78, 5) is 19.0. The number of para-hydroxylation sites is 1. The van der Waals surface area contributed by atoms with Gasteiger partial charge >= 0.3 is 6.18 Å². The lowest BCUT2D eigenvalue weighted by molar-refractivity contribution is -0.144. The van der Waals surface area contributed by atoms with E-state index in [1.165, 1.54) is 6.92 Å². The molecule has 0 saturated carbocycles. The Morgan fingerprint density at radius 3 is 2.67 bits per heavy atom. The number of carbonyl (C=O) groups excluding carboxylic acids is 1. The lowest BCUT2D eigenvalue weighted by Gasteiger charge is -2.11. The molecule has 1 unspecified atom stereocenters. The number of alkyl halides is 3. The number of amides is 1. The van der Waals surface area contributed by atoms with Crippen molar-refractivity contribution in [2.45, 2.75) is 26.1 Å². The summed E-state index contributed by atoms with van der Waals surface area (Å²) in [6.07, 6.45) is -4.63. The molecule has 3 aromatic rings. The Kier molecular flexibility index (Phi) is 3.78. The molecule has 6 nitrogen and oxygen atoms in total. The van der Waals surface area contributed by atoms with E-state index in [9.17, 15) is 18.0 Å². The van der Waals surface area contributed by atoms with Crippen molar-refractivity contribution in [3.05, 3.63) is 47.2 Å². The van der Waals surface area contributed by atoms with Crippen LogP contribution in [0.5, 0.6) is 0 Å². The van der Waals surface area contributed by atoms with Crippen molar-refractivity contribution in [1.82, 2.24) is 25.5 Å². The molecule has 0 saturated heterocycles. The van der Waals surface area contributed by atoms with E-state index in [0.717, 1.165) is 10.9 Å². The minimum absolute atomic E-state index is 0.0619. The van der Waals surface area contributed by atoms with Crippen LogP contribution in [0, 0.1) is 6.92 Å². The molecule has 1 amide bonds. The third-order valence-corrected chi connectivity index (χ3v) is 3.63. The van der Waals surface area contributed by atoms with Gasteiger partial charge in [0.1, 0.15) is 5.82 Å². The predicted octanol–water partition coefficient (Wildman–Crippen LogP) is 3.10. The van der Waals surface area contributed by atoms with Crippen LogP contribution in [0.4, 0.5) is 13.2 Å². The van der Waals surface area contributed by atoms with Crippen LogP contribution in [0.25, 0.3) is 10.9 Å². The summed E-state index contributed by atoms with van der Waals surface area (Å²) in [6, 6.07) is 6.54. The van der Waals surface area contributed by atoms with E-state index in [1.807, 2.05) is 18.2 Å². The van der Waals surface area contributed by atoms with E-state index in [1.54, 1.807) is 13.0 Å². The second-order valence-electron chi connectivity index (χ2n) is 5.41. The number of carbonyl (C=O) groups is 1. The first-order chi connectivity index (χ1) is 11.3. The van der Waals surface area contributed by atoms with E-state index in [2.05, 4.69) is 25.5 Å². The second-order valence-corrected chi connectivity index (χ2v) is 5.41. The van der Waals surface area contributed by atoms with Crippen LogP contribution in [0.3, 0.4) is 0 Å². The van der Waals surface area contributed by atoms with Gasteiger partial charge in [0.05, 0.1) is 11.6 Å². The highest BCUT2D eigenvalue weighted by atomic mass is 19.4. The van der Waals surface area contributed by atoms with Gasteiger partial charge in [-0.2, -0.15) is 13.2 Å². The summed E-state index contributed by atoms with van der Waals surface area (Å²) >= 11 is 0. The van der Waals surface area contributed by atoms with Crippen molar-refractivity contribution in [2.24, 2.45) is 0 Å². The van der Waals surface area contributed by atoms with Gasteiger partial charge in [-0.25, -0.2) is 4.98 Å². The first-order valence-electron chi connectivity index (χ1n) is 7.15. The van der Waals surface area contributed by atoms with Gasteiger partial charge in [-0.15, -0.1) is 5.10 Å². The summed E-state index contributed by atoms with van der Waals surface area (Å²) < 4.78 is 37.6. The highest BCUT2D eigenvalue weighted by Gasteiger charge is 2.36. The average molecular weight is 337 g/mol. The number of aromatic nitrogens is 4. The number of hydrogen-bond donors (Lipinski definition) is 3. The molecule has 0 aliphatic rings. The minimum Gasteiger partial charge on any atom is -0.358 e. The maximum Gasteiger partial charge on any atom is 0.453 e. The molecule has 3 N–H and O–H groups in total. The first kappa shape index (κ1) is 16.0. The van der Waals surface area contributed by atoms with E-state index < -0.39 is 23.9 Å². The zero-order chi connectivity index (χ0) is 17.5. The minimum atomic E-state index is -4.63. The van der Waals surface area contributed by atoms with Crippen molar-refractivity contribution >= 4 is 16.8 Å². The van der Waals surface area contributed by atoms with E-state index in [4.69, 9.17) is 0 Å². The van der Waals surface area contributed by atoms with Crippen LogP contribution in [0.1, 0.15) is 40.7 Å². The number of nitrogens with zero attached hydrogens (tertiary/aromatic N) is 2. The fourth-order valence-corrected chi connectivity index (χ4v) is 2.50. The lowest BCUT2D eigenvalue weighted by Crippen LogP contribution is -2.27. The number of aryl methyl sites for hydroxylation is 1. The second kappa shape index (κ2) is 5.66. The molecule has 0 fully saturated rings. The van der Waals surface area contributed by atoms with Crippen molar-refractivity contribution < 1.29 is 18.0 Å². The first-order valence-corrected chi connectivity index (χ1v) is 7.15. The van der Waals surface area contributed by atoms with Gasteiger partial charge in [0.25, 0.3) is 11.7 Å². The van der Waals surface area contributed by atoms with Gasteiger partial charge in [-0.1, -0.05) is 18.2 Å². The van der Waals surface area contributed by atoms with Gasteiger partial charge in [0.15, 0.2) is 0 Å². The summed E-state index contributed by atoms with van der Waals surface area (Å²) in [5.41, 5.74) is 1.94. The third kappa shape index (κ3) is 2.84. The quantitative estimate of drug-likeness (QED) is 0.686. The molecule has 1 aromatic carbocycles. The molecular formula is C15H14F3N5O. The smallest absolute Gasteiger partial charge is 0.358 e. The maximum absolute atomic E-state index is 12.5. The van der Waals surface area contributed by atoms with Gasteiger partial charge < -0.3 is 10.3 Å². The Morgan fingerprint density at radius 1 is 1.29 bits per heavy atom. The van der Waals surface area contributed by atoms with Crippen LogP contribution in [-0.4, -0.2) is 26.1 Å². The maximum atomic E-state index is 12.5. The monoisotopic (exact) mass is 337 g/mol. The largest absolute Gasteiger partial charge is 0.453 e. The SMILES string of the molecule is Cc1[nH]c2ccccc2c1C(=O)NC(C)c1nc(C(F)(F)F)n[nH]1. The third-order valence-electron chi connectivity index (χ3n) is 3.63. The number of rotatable bonds is 3. The normalized spacial score (nSPS) is 13.2. The lowest BCUT2D eigenvalue weighted by atomic mass is 10.1. The Balaban J connectivity index is 1.83. The van der Waals surface area contributed by atoms with Gasteiger partial charge in [-0.05, 0) is 19.9 Å². The molecule has 0 spiro atoms. The molecule has 126 valence electrons. The number of halogens is 3. The Labute approximate surface area is 134 Å². The fraction of sp³-hybridized carbons (Fsp3) is 0.267. The number of H-pyrrole nitrogens is 2. The van der Waals surface area contributed by atoms with Crippen LogP contribution in [-0.2, 0) is 6.18 Å². The number of fused-ring (bicyclic) bond motifs is 1. The van der Waals surface area contributed by atoms with E-state index in [0.29, 0.717) is 11.3 Å². The summed E-state index contributed by atoms with van der Waals surface area (Å²) in [5, 5.41) is 8.72. The topological polar surface area (TPSA) is 86.5 Å². The average Bonchev–Trinajstić information content (AvgIpc) is 3.10. The molecule has 2 aromatic heterocycles. The molecule has 1 atom stereocenters. The Hall–Kier alpha value is -2.84. The Morgan fingerprint density at radius 2 is 2.00 bits per heavy atom. The molecule has 3 rings (SSSR count). The van der Waals surface area contributed by atoms with Gasteiger partial charge in [-0.3, -0.25) is 9.89 Å². The number of nitrogens with one attached hydrogen (secondary N) is 3. The highest BCUT2D eigenvalue weighted by molar-refractivity contribution is 6.08. The summed E-state index contributed by atoms with van der Waals surface area (Å²) in [5.74, 6) is -1.72. The fourth-order valence-electron chi connectivity index (χ4n) is 2.50. The van der Waals surface area contributed by atoms with Crippen molar-refractivity contribution in [3.8, 4) is 0 Å². The molecule has 0 aliphatic carbocycles. The highest BCUT2D eigenvalue weighted by Crippen LogP contribution is 2.27. The number of benzene rings is 1. The number of aromatic amines is 2. The van der Waals surface area contributed by atoms with Crippen LogP contribution in [0.15, 0.2) is 24.3 Å². The van der Waals surface area contributed by atoms with Crippen LogP contribution in [0.2, 0.25) is 0 Å². The van der Waals surface area contributed by atoms with Gasteiger partial charge in [0.2, 0.25) is 0 Å². The molecule has 2 heterocycles. The van der Waals surface area contributed by atoms with Gasteiger partial charge in [0, 0.05) is 16.6 Å². The molecule has 9 heteroatoms.